The van der Waals surface area contributed by atoms with Gasteiger partial charge in [-0.1, -0.05) is 6.92 Å². The van der Waals surface area contributed by atoms with Crippen molar-refractivity contribution in [2.45, 2.75) is 52.1 Å². The van der Waals surface area contributed by atoms with Gasteiger partial charge >= 0.3 is 5.97 Å². The Hall–Kier alpha value is -1.56. The van der Waals surface area contributed by atoms with Crippen molar-refractivity contribution in [3.05, 3.63) is 11.5 Å². The van der Waals surface area contributed by atoms with Gasteiger partial charge in [-0.15, -0.1) is 0 Å². The van der Waals surface area contributed by atoms with Crippen LogP contribution in [0, 0.1) is 0 Å². The minimum Gasteiger partial charge on any atom is -0.461 e. The molecule has 2 rings (SSSR count). The van der Waals surface area contributed by atoms with Crippen LogP contribution in [0.4, 0.5) is 5.82 Å². The van der Waals surface area contributed by atoms with Gasteiger partial charge in [0.05, 0.1) is 6.61 Å². The normalized spacial score (nSPS) is 23.2. The second-order valence-electron chi connectivity index (χ2n) is 5.71. The van der Waals surface area contributed by atoms with Gasteiger partial charge in [0.2, 0.25) is 0 Å². The van der Waals surface area contributed by atoms with Crippen molar-refractivity contribution >= 4 is 11.8 Å². The van der Waals surface area contributed by atoms with Crippen molar-refractivity contribution in [2.24, 2.45) is 0 Å². The first-order chi connectivity index (χ1) is 9.99. The molecule has 2 atom stereocenters. The molecule has 118 valence electrons. The number of carbonyl (C=O) groups excluding carboxylic acids is 1. The quantitative estimate of drug-likeness (QED) is 0.858. The number of piperidine rings is 1. The molecule has 21 heavy (non-hydrogen) atoms. The highest BCUT2D eigenvalue weighted by molar-refractivity contribution is 5.92. The average Bonchev–Trinajstić information content (AvgIpc) is 2.79. The molecule has 2 N–H and O–H groups in total. The lowest BCUT2D eigenvalue weighted by Crippen LogP contribution is -2.39. The number of imidazole rings is 1. The van der Waals surface area contributed by atoms with Crippen LogP contribution in [0.5, 0.6) is 0 Å². The molecule has 1 saturated heterocycles. The summed E-state index contributed by atoms with van der Waals surface area (Å²) in [7, 11) is 2.14. The first-order valence-electron chi connectivity index (χ1n) is 7.73. The second-order valence-corrected chi connectivity index (χ2v) is 5.71. The SMILES string of the molecule is CCOC(=O)c1nc(CC)n(C2CCN(C)C(C)C2)c1N. The van der Waals surface area contributed by atoms with Gasteiger partial charge in [0.1, 0.15) is 11.6 Å². The minimum atomic E-state index is -0.426. The van der Waals surface area contributed by atoms with Crippen LogP contribution in [0.15, 0.2) is 0 Å². The highest BCUT2D eigenvalue weighted by atomic mass is 16.5. The summed E-state index contributed by atoms with van der Waals surface area (Å²) in [6.07, 6.45) is 2.80. The number of ether oxygens (including phenoxy) is 1. The third-order valence-electron chi connectivity index (χ3n) is 4.35. The number of aromatic nitrogens is 2. The number of hydrogen-bond acceptors (Lipinski definition) is 5. The van der Waals surface area contributed by atoms with Gasteiger partial charge in [0.15, 0.2) is 5.69 Å². The van der Waals surface area contributed by atoms with Crippen LogP contribution in [-0.2, 0) is 11.2 Å². The lowest BCUT2D eigenvalue weighted by molar-refractivity contribution is 0.0521. The van der Waals surface area contributed by atoms with Gasteiger partial charge in [-0.25, -0.2) is 9.78 Å². The summed E-state index contributed by atoms with van der Waals surface area (Å²) >= 11 is 0. The maximum absolute atomic E-state index is 12.0. The first-order valence-corrected chi connectivity index (χ1v) is 7.73. The van der Waals surface area contributed by atoms with E-state index in [4.69, 9.17) is 10.5 Å². The molecule has 1 aliphatic rings. The molecule has 1 aromatic heterocycles. The maximum Gasteiger partial charge on any atom is 0.360 e. The highest BCUT2D eigenvalue weighted by Gasteiger charge is 2.29. The zero-order valence-electron chi connectivity index (χ0n) is 13.4. The standard InChI is InChI=1S/C15H26N4O2/c1-5-12-17-13(15(20)21-6-2)14(16)19(12)11-7-8-18(4)10(3)9-11/h10-11H,5-9,16H2,1-4H3. The summed E-state index contributed by atoms with van der Waals surface area (Å²) in [5.74, 6) is 0.897. The van der Waals surface area contributed by atoms with Crippen molar-refractivity contribution in [1.82, 2.24) is 14.5 Å². The molecule has 0 saturated carbocycles. The fourth-order valence-corrected chi connectivity index (χ4v) is 3.00. The van der Waals surface area contributed by atoms with Crippen molar-refractivity contribution in [3.8, 4) is 0 Å². The van der Waals surface area contributed by atoms with Crippen LogP contribution in [0.3, 0.4) is 0 Å². The largest absolute Gasteiger partial charge is 0.461 e. The van der Waals surface area contributed by atoms with E-state index in [0.717, 1.165) is 31.6 Å². The van der Waals surface area contributed by atoms with Gasteiger partial charge in [-0.2, -0.15) is 0 Å². The zero-order chi connectivity index (χ0) is 15.6. The number of rotatable bonds is 4. The summed E-state index contributed by atoms with van der Waals surface area (Å²) in [5.41, 5.74) is 6.47. The highest BCUT2D eigenvalue weighted by Crippen LogP contribution is 2.31. The van der Waals surface area contributed by atoms with E-state index in [-0.39, 0.29) is 5.69 Å². The van der Waals surface area contributed by atoms with Gasteiger partial charge in [-0.3, -0.25) is 0 Å². The smallest absolute Gasteiger partial charge is 0.360 e. The number of nitrogens with zero attached hydrogens (tertiary/aromatic N) is 3. The minimum absolute atomic E-state index is 0.264. The molecular formula is C15H26N4O2. The predicted molar refractivity (Wildman–Crippen MR) is 82.3 cm³/mol. The van der Waals surface area contributed by atoms with Crippen molar-refractivity contribution < 1.29 is 9.53 Å². The van der Waals surface area contributed by atoms with E-state index in [1.165, 1.54) is 0 Å². The molecule has 0 aromatic carbocycles. The summed E-state index contributed by atoms with van der Waals surface area (Å²) < 4.78 is 7.10. The molecule has 1 fully saturated rings. The number of anilines is 1. The Morgan fingerprint density at radius 1 is 1.48 bits per heavy atom. The van der Waals surface area contributed by atoms with Crippen LogP contribution in [0.1, 0.15) is 56.0 Å². The molecule has 0 radical (unpaired) electrons. The van der Waals surface area contributed by atoms with Crippen LogP contribution in [-0.4, -0.2) is 46.7 Å². The summed E-state index contributed by atoms with van der Waals surface area (Å²) in [6.45, 7) is 7.40. The Balaban J connectivity index is 2.32. The number of aryl methyl sites for hydroxylation is 1. The number of carbonyl (C=O) groups is 1. The van der Waals surface area contributed by atoms with E-state index in [9.17, 15) is 4.79 Å². The molecule has 2 unspecified atom stereocenters. The Morgan fingerprint density at radius 2 is 2.19 bits per heavy atom. The zero-order valence-corrected chi connectivity index (χ0v) is 13.4. The fourth-order valence-electron chi connectivity index (χ4n) is 3.00. The average molecular weight is 294 g/mol. The molecule has 2 heterocycles. The van der Waals surface area contributed by atoms with Crippen LogP contribution < -0.4 is 5.73 Å². The Bertz CT molecular complexity index is 512. The molecule has 0 spiro atoms. The fraction of sp³-hybridized carbons (Fsp3) is 0.733. The lowest BCUT2D eigenvalue weighted by atomic mass is 9.98. The Morgan fingerprint density at radius 3 is 2.76 bits per heavy atom. The van der Waals surface area contributed by atoms with Crippen molar-refractivity contribution in [2.75, 3.05) is 25.9 Å². The summed E-state index contributed by atoms with van der Waals surface area (Å²) in [6, 6.07) is 0.808. The molecule has 0 aliphatic carbocycles. The molecule has 6 heteroatoms. The van der Waals surface area contributed by atoms with Crippen molar-refractivity contribution in [3.63, 3.8) is 0 Å². The molecule has 1 aromatic rings. The molecule has 1 aliphatic heterocycles. The first kappa shape index (κ1) is 15.8. The van der Waals surface area contributed by atoms with Gasteiger partial charge in [0, 0.05) is 25.0 Å². The monoisotopic (exact) mass is 294 g/mol. The van der Waals surface area contributed by atoms with E-state index in [0.29, 0.717) is 24.5 Å². The van der Waals surface area contributed by atoms with E-state index in [1.807, 2.05) is 6.92 Å². The number of esters is 1. The summed E-state index contributed by atoms with van der Waals surface area (Å²) in [5, 5.41) is 0. The summed E-state index contributed by atoms with van der Waals surface area (Å²) in [4.78, 5) is 18.7. The van der Waals surface area contributed by atoms with Crippen LogP contribution >= 0.6 is 0 Å². The number of nitrogen functional groups attached to an aromatic ring is 1. The Labute approximate surface area is 126 Å². The van der Waals surface area contributed by atoms with Gasteiger partial charge in [0.25, 0.3) is 0 Å². The number of nitrogens with two attached hydrogens (primary N) is 1. The molecule has 0 bridgehead atoms. The maximum atomic E-state index is 12.0. The van der Waals surface area contributed by atoms with E-state index >= 15 is 0 Å². The lowest BCUT2D eigenvalue weighted by Gasteiger charge is -2.36. The second kappa shape index (κ2) is 6.47. The van der Waals surface area contributed by atoms with E-state index in [1.54, 1.807) is 6.92 Å². The Kier molecular flexibility index (Phi) is 4.88. The number of likely N-dealkylation sites (tertiary alicyclic amines) is 1. The number of hydrogen-bond donors (Lipinski definition) is 1. The van der Waals surface area contributed by atoms with Gasteiger partial charge < -0.3 is 19.9 Å². The predicted octanol–water partition coefficient (Wildman–Crippen LogP) is 1.86. The van der Waals surface area contributed by atoms with Crippen LogP contribution in [0.25, 0.3) is 0 Å². The molecule has 6 nitrogen and oxygen atoms in total. The topological polar surface area (TPSA) is 73.4 Å². The van der Waals surface area contributed by atoms with Crippen LogP contribution in [0.2, 0.25) is 0 Å². The third-order valence-corrected chi connectivity index (χ3v) is 4.35. The van der Waals surface area contributed by atoms with Crippen molar-refractivity contribution in [1.29, 1.82) is 0 Å². The van der Waals surface area contributed by atoms with Gasteiger partial charge in [-0.05, 0) is 33.7 Å². The third kappa shape index (κ3) is 3.05. The van der Waals surface area contributed by atoms with E-state index < -0.39 is 5.97 Å². The molecular weight excluding hydrogens is 268 g/mol. The van der Waals surface area contributed by atoms with E-state index in [2.05, 4.69) is 28.4 Å². The molecule has 0 amide bonds.